The normalized spacial score (nSPS) is 21.0. The molecule has 0 spiro atoms. The molecule has 1 aliphatic carbocycles. The maximum absolute atomic E-state index is 12.2. The summed E-state index contributed by atoms with van der Waals surface area (Å²) in [7, 11) is 0. The second kappa shape index (κ2) is 7.89. The van der Waals surface area contributed by atoms with Gasteiger partial charge in [0.1, 0.15) is 12.4 Å². The summed E-state index contributed by atoms with van der Waals surface area (Å²) in [6, 6.07) is 6.13. The van der Waals surface area contributed by atoms with Crippen LogP contribution in [0.4, 0.5) is 14.5 Å². The second-order valence-corrected chi connectivity index (χ2v) is 5.61. The van der Waals surface area contributed by atoms with Crippen LogP contribution in [0.1, 0.15) is 25.7 Å². The van der Waals surface area contributed by atoms with Crippen molar-refractivity contribution in [3.05, 3.63) is 24.3 Å². The van der Waals surface area contributed by atoms with Crippen LogP contribution in [-0.2, 0) is 9.59 Å². The van der Waals surface area contributed by atoms with Crippen LogP contribution in [0, 0.1) is 11.8 Å². The van der Waals surface area contributed by atoms with Gasteiger partial charge in [-0.05, 0) is 43.5 Å². The number of rotatable bonds is 6. The molecule has 1 aliphatic rings. The Labute approximate surface area is 132 Å². The average molecular weight is 327 g/mol. The van der Waals surface area contributed by atoms with Crippen LogP contribution < -0.4 is 10.1 Å². The first-order valence-electron chi connectivity index (χ1n) is 7.50. The van der Waals surface area contributed by atoms with E-state index in [9.17, 15) is 18.4 Å². The molecule has 2 atom stereocenters. The van der Waals surface area contributed by atoms with Crippen molar-refractivity contribution in [2.75, 3.05) is 11.9 Å². The van der Waals surface area contributed by atoms with Gasteiger partial charge in [-0.2, -0.15) is 0 Å². The Kier molecular flexibility index (Phi) is 5.90. The average Bonchev–Trinajstić information content (AvgIpc) is 2.54. The van der Waals surface area contributed by atoms with Gasteiger partial charge in [-0.1, -0.05) is 6.42 Å². The zero-order valence-electron chi connectivity index (χ0n) is 12.5. The molecule has 1 saturated carbocycles. The summed E-state index contributed by atoms with van der Waals surface area (Å²) < 4.78 is 28.9. The lowest BCUT2D eigenvalue weighted by Crippen LogP contribution is -2.30. The standard InChI is InChI=1S/C16H19F2NO4/c17-14(18)9-23-13-6-4-12(5-7-13)19-15(20)10-2-1-3-11(8-10)16(21)22/h4-7,10-11,14H,1-3,8-9H2,(H,19,20)(H,21,22). The summed E-state index contributed by atoms with van der Waals surface area (Å²) in [4.78, 5) is 23.2. The van der Waals surface area contributed by atoms with Crippen molar-refractivity contribution in [3.8, 4) is 5.75 Å². The highest BCUT2D eigenvalue weighted by atomic mass is 19.3. The molecule has 126 valence electrons. The first-order chi connectivity index (χ1) is 11.0. The third-order valence-corrected chi connectivity index (χ3v) is 3.89. The van der Waals surface area contributed by atoms with E-state index < -0.39 is 24.9 Å². The van der Waals surface area contributed by atoms with Crippen LogP contribution >= 0.6 is 0 Å². The van der Waals surface area contributed by atoms with Crippen molar-refractivity contribution >= 4 is 17.6 Å². The van der Waals surface area contributed by atoms with E-state index in [1.54, 1.807) is 12.1 Å². The van der Waals surface area contributed by atoms with Gasteiger partial charge >= 0.3 is 5.97 Å². The molecule has 0 heterocycles. The van der Waals surface area contributed by atoms with Gasteiger partial charge in [-0.25, -0.2) is 8.78 Å². The molecule has 23 heavy (non-hydrogen) atoms. The van der Waals surface area contributed by atoms with Crippen LogP contribution in [0.3, 0.4) is 0 Å². The lowest BCUT2D eigenvalue weighted by Gasteiger charge is -2.25. The number of halogens is 2. The summed E-state index contributed by atoms with van der Waals surface area (Å²) in [5.74, 6) is -1.56. The van der Waals surface area contributed by atoms with E-state index in [1.165, 1.54) is 12.1 Å². The minimum Gasteiger partial charge on any atom is -0.488 e. The number of alkyl halides is 2. The van der Waals surface area contributed by atoms with Crippen molar-refractivity contribution in [1.29, 1.82) is 0 Å². The number of nitrogens with one attached hydrogen (secondary N) is 1. The third-order valence-electron chi connectivity index (χ3n) is 3.89. The van der Waals surface area contributed by atoms with E-state index >= 15 is 0 Å². The number of carboxylic acid groups (broad SMARTS) is 1. The van der Waals surface area contributed by atoms with E-state index in [4.69, 9.17) is 9.84 Å². The summed E-state index contributed by atoms with van der Waals surface area (Å²) >= 11 is 0. The number of ether oxygens (including phenoxy) is 1. The second-order valence-electron chi connectivity index (χ2n) is 5.61. The third kappa shape index (κ3) is 5.19. The minimum atomic E-state index is -2.54. The number of amides is 1. The van der Waals surface area contributed by atoms with Crippen LogP contribution in [-0.4, -0.2) is 30.0 Å². The Morgan fingerprint density at radius 1 is 1.22 bits per heavy atom. The highest BCUT2D eigenvalue weighted by Crippen LogP contribution is 2.30. The number of anilines is 1. The molecule has 2 N–H and O–H groups in total. The van der Waals surface area contributed by atoms with E-state index in [0.717, 1.165) is 6.42 Å². The number of hydrogen-bond acceptors (Lipinski definition) is 3. The molecule has 1 aromatic carbocycles. The summed E-state index contributed by atoms with van der Waals surface area (Å²) in [6.45, 7) is -0.676. The minimum absolute atomic E-state index is 0.211. The molecular formula is C16H19F2NO4. The molecular weight excluding hydrogens is 308 g/mol. The van der Waals surface area contributed by atoms with Crippen LogP contribution in [0.25, 0.3) is 0 Å². The molecule has 1 aromatic rings. The predicted molar refractivity (Wildman–Crippen MR) is 79.7 cm³/mol. The van der Waals surface area contributed by atoms with Crippen molar-refractivity contribution in [2.45, 2.75) is 32.1 Å². The van der Waals surface area contributed by atoms with Gasteiger partial charge in [0.25, 0.3) is 6.43 Å². The molecule has 2 unspecified atom stereocenters. The monoisotopic (exact) mass is 327 g/mol. The van der Waals surface area contributed by atoms with Crippen LogP contribution in [0.15, 0.2) is 24.3 Å². The maximum atomic E-state index is 12.2. The first kappa shape index (κ1) is 17.2. The fourth-order valence-corrected chi connectivity index (χ4v) is 2.69. The zero-order chi connectivity index (χ0) is 16.8. The molecule has 2 rings (SSSR count). The van der Waals surface area contributed by atoms with Crippen molar-refractivity contribution < 1.29 is 28.2 Å². The fourth-order valence-electron chi connectivity index (χ4n) is 2.69. The maximum Gasteiger partial charge on any atom is 0.306 e. The topological polar surface area (TPSA) is 75.6 Å². The molecule has 0 saturated heterocycles. The Hall–Kier alpha value is -2.18. The number of carbonyl (C=O) groups excluding carboxylic acids is 1. The number of carboxylic acids is 1. The fraction of sp³-hybridized carbons (Fsp3) is 0.500. The molecule has 7 heteroatoms. The smallest absolute Gasteiger partial charge is 0.306 e. The number of hydrogen-bond donors (Lipinski definition) is 2. The highest BCUT2D eigenvalue weighted by Gasteiger charge is 2.30. The Morgan fingerprint density at radius 2 is 1.87 bits per heavy atom. The Balaban J connectivity index is 1.88. The van der Waals surface area contributed by atoms with Gasteiger partial charge in [-0.15, -0.1) is 0 Å². The lowest BCUT2D eigenvalue weighted by atomic mass is 9.81. The summed E-state index contributed by atoms with van der Waals surface area (Å²) in [5.41, 5.74) is 0.525. The van der Waals surface area contributed by atoms with Gasteiger partial charge in [0.15, 0.2) is 0 Å². The largest absolute Gasteiger partial charge is 0.488 e. The van der Waals surface area contributed by atoms with Crippen LogP contribution in [0.5, 0.6) is 5.75 Å². The van der Waals surface area contributed by atoms with Gasteiger partial charge in [0, 0.05) is 11.6 Å². The summed E-state index contributed by atoms with van der Waals surface area (Å²) in [5, 5.41) is 11.8. The molecule has 0 aliphatic heterocycles. The Bertz CT molecular complexity index is 548. The molecule has 0 bridgehead atoms. The van der Waals surface area contributed by atoms with Gasteiger partial charge < -0.3 is 15.2 Å². The predicted octanol–water partition coefficient (Wildman–Crippen LogP) is 3.16. The molecule has 0 radical (unpaired) electrons. The van der Waals surface area contributed by atoms with E-state index in [0.29, 0.717) is 30.7 Å². The molecule has 1 amide bonds. The van der Waals surface area contributed by atoms with E-state index in [2.05, 4.69) is 5.32 Å². The number of benzene rings is 1. The SMILES string of the molecule is O=C(O)C1CCCC(C(=O)Nc2ccc(OCC(F)F)cc2)C1. The van der Waals surface area contributed by atoms with Crippen LogP contribution in [0.2, 0.25) is 0 Å². The summed E-state index contributed by atoms with van der Waals surface area (Å²) in [6.07, 6.45) is -0.199. The Morgan fingerprint density at radius 3 is 2.48 bits per heavy atom. The highest BCUT2D eigenvalue weighted by molar-refractivity contribution is 5.93. The van der Waals surface area contributed by atoms with Crippen molar-refractivity contribution in [1.82, 2.24) is 0 Å². The number of carbonyl (C=O) groups is 2. The molecule has 5 nitrogen and oxygen atoms in total. The zero-order valence-corrected chi connectivity index (χ0v) is 12.5. The number of aliphatic carboxylic acids is 1. The first-order valence-corrected chi connectivity index (χ1v) is 7.50. The van der Waals surface area contributed by atoms with Gasteiger partial charge in [0.2, 0.25) is 5.91 Å². The van der Waals surface area contributed by atoms with Crippen molar-refractivity contribution in [3.63, 3.8) is 0 Å². The van der Waals surface area contributed by atoms with Crippen molar-refractivity contribution in [2.24, 2.45) is 11.8 Å². The lowest BCUT2D eigenvalue weighted by molar-refractivity contribution is -0.143. The van der Waals surface area contributed by atoms with E-state index in [-0.39, 0.29) is 11.8 Å². The molecule has 1 fully saturated rings. The molecule has 0 aromatic heterocycles. The quantitative estimate of drug-likeness (QED) is 0.841. The van der Waals surface area contributed by atoms with E-state index in [1.807, 2.05) is 0 Å². The van der Waals surface area contributed by atoms with Gasteiger partial charge in [0.05, 0.1) is 5.92 Å². The van der Waals surface area contributed by atoms with Gasteiger partial charge in [-0.3, -0.25) is 9.59 Å².